The molecule has 0 unspecified atom stereocenters. The van der Waals surface area contributed by atoms with Gasteiger partial charge in [0.25, 0.3) is 9.05 Å². The number of esters is 1. The van der Waals surface area contributed by atoms with Crippen molar-refractivity contribution in [2.45, 2.75) is 11.9 Å². The number of carbonyl (C=O) groups is 1. The molecule has 0 spiro atoms. The maximum Gasteiger partial charge on any atom is 0.359 e. The van der Waals surface area contributed by atoms with E-state index in [2.05, 4.69) is 14.7 Å². The molecular formula is C6H7ClN2O4S. The number of nitrogens with one attached hydrogen (secondary N) is 1. The van der Waals surface area contributed by atoms with Gasteiger partial charge in [-0.2, -0.15) is 0 Å². The lowest BCUT2D eigenvalue weighted by Crippen LogP contribution is -2.09. The second-order valence-corrected chi connectivity index (χ2v) is 4.74. The van der Waals surface area contributed by atoms with Gasteiger partial charge in [-0.1, -0.05) is 0 Å². The van der Waals surface area contributed by atoms with Crippen molar-refractivity contribution in [2.75, 3.05) is 6.61 Å². The number of hydrogen-bond acceptors (Lipinski definition) is 5. The molecule has 1 aromatic rings. The van der Waals surface area contributed by atoms with Gasteiger partial charge in [-0.15, -0.1) is 0 Å². The number of aromatic nitrogens is 2. The van der Waals surface area contributed by atoms with Gasteiger partial charge in [0.05, 0.1) is 12.9 Å². The number of rotatable bonds is 3. The number of aromatic amines is 1. The molecule has 0 fully saturated rings. The number of hydrogen-bond donors (Lipinski definition) is 1. The van der Waals surface area contributed by atoms with Crippen molar-refractivity contribution >= 4 is 25.7 Å². The predicted molar refractivity (Wildman–Crippen MR) is 47.6 cm³/mol. The van der Waals surface area contributed by atoms with Crippen LogP contribution in [-0.2, 0) is 13.8 Å². The van der Waals surface area contributed by atoms with E-state index in [4.69, 9.17) is 10.7 Å². The Kier molecular flexibility index (Phi) is 3.12. The normalized spacial score (nSPS) is 11.3. The molecule has 0 saturated heterocycles. The fourth-order valence-electron chi connectivity index (χ4n) is 0.813. The number of H-pyrrole nitrogens is 1. The highest BCUT2D eigenvalue weighted by Gasteiger charge is 2.24. The van der Waals surface area contributed by atoms with Crippen LogP contribution in [0.5, 0.6) is 0 Å². The average molecular weight is 239 g/mol. The molecule has 0 radical (unpaired) electrons. The summed E-state index contributed by atoms with van der Waals surface area (Å²) in [5.41, 5.74) is -0.332. The van der Waals surface area contributed by atoms with Crippen molar-refractivity contribution in [3.63, 3.8) is 0 Å². The summed E-state index contributed by atoms with van der Waals surface area (Å²) in [4.78, 5) is 16.9. The number of ether oxygens (including phenoxy) is 1. The smallest absolute Gasteiger partial charge is 0.359 e. The van der Waals surface area contributed by atoms with E-state index in [1.807, 2.05) is 0 Å². The third-order valence-corrected chi connectivity index (χ3v) is 2.58. The van der Waals surface area contributed by atoms with Gasteiger partial charge in [0.1, 0.15) is 0 Å². The summed E-state index contributed by atoms with van der Waals surface area (Å²) in [6, 6.07) is 0. The van der Waals surface area contributed by atoms with Gasteiger partial charge in [-0.3, -0.25) is 0 Å². The van der Waals surface area contributed by atoms with E-state index in [9.17, 15) is 13.2 Å². The van der Waals surface area contributed by atoms with E-state index in [0.29, 0.717) is 0 Å². The topological polar surface area (TPSA) is 89.1 Å². The number of imidazole rings is 1. The number of carbonyl (C=O) groups excluding carboxylic acids is 1. The minimum absolute atomic E-state index is 0.132. The third kappa shape index (κ3) is 2.24. The van der Waals surface area contributed by atoms with Gasteiger partial charge in [0, 0.05) is 10.7 Å². The predicted octanol–water partition coefficient (Wildman–Crippen LogP) is 0.514. The van der Waals surface area contributed by atoms with Crippen LogP contribution in [0.15, 0.2) is 11.4 Å². The second-order valence-electron chi connectivity index (χ2n) is 2.24. The molecule has 6 nitrogen and oxygen atoms in total. The molecule has 8 heteroatoms. The third-order valence-electron chi connectivity index (χ3n) is 1.32. The number of nitrogens with zero attached hydrogens (tertiary/aromatic N) is 1. The Bertz CT molecular complexity index is 438. The molecule has 1 heterocycles. The fraction of sp³-hybridized carbons (Fsp3) is 0.333. The minimum Gasteiger partial charge on any atom is -0.461 e. The average Bonchev–Trinajstić information content (AvgIpc) is 2.50. The molecule has 0 amide bonds. The largest absolute Gasteiger partial charge is 0.461 e. The van der Waals surface area contributed by atoms with Crippen LogP contribution in [0.2, 0.25) is 0 Å². The summed E-state index contributed by atoms with van der Waals surface area (Å²) < 4.78 is 26.4. The Hall–Kier alpha value is -1.08. The summed E-state index contributed by atoms with van der Waals surface area (Å²) in [5.74, 6) is -0.826. The highest BCUT2D eigenvalue weighted by molar-refractivity contribution is 8.13. The molecule has 1 N–H and O–H groups in total. The molecule has 1 aromatic heterocycles. The zero-order valence-electron chi connectivity index (χ0n) is 7.15. The molecule has 0 bridgehead atoms. The molecule has 0 atom stereocenters. The highest BCUT2D eigenvalue weighted by Crippen LogP contribution is 2.16. The molecular weight excluding hydrogens is 232 g/mol. The van der Waals surface area contributed by atoms with Gasteiger partial charge in [-0.05, 0) is 6.92 Å². The Morgan fingerprint density at radius 1 is 1.71 bits per heavy atom. The molecule has 0 aliphatic carbocycles. The van der Waals surface area contributed by atoms with Crippen molar-refractivity contribution < 1.29 is 17.9 Å². The Morgan fingerprint density at radius 3 is 2.86 bits per heavy atom. The first-order valence-electron chi connectivity index (χ1n) is 3.62. The zero-order valence-corrected chi connectivity index (χ0v) is 8.72. The van der Waals surface area contributed by atoms with Gasteiger partial charge < -0.3 is 9.72 Å². The molecule has 0 saturated carbocycles. The monoisotopic (exact) mass is 238 g/mol. The van der Waals surface area contributed by atoms with E-state index in [-0.39, 0.29) is 12.3 Å². The van der Waals surface area contributed by atoms with E-state index in [1.54, 1.807) is 6.92 Å². The molecule has 1 rings (SSSR count). The molecule has 0 aliphatic rings. The van der Waals surface area contributed by atoms with Gasteiger partial charge in [0.15, 0.2) is 10.7 Å². The molecule has 78 valence electrons. The quantitative estimate of drug-likeness (QED) is 0.612. The molecule has 0 aromatic carbocycles. The first kappa shape index (κ1) is 11.0. The van der Waals surface area contributed by atoms with E-state index < -0.39 is 20.0 Å². The van der Waals surface area contributed by atoms with E-state index in [0.717, 1.165) is 6.33 Å². The lowest BCUT2D eigenvalue weighted by molar-refractivity contribution is 0.0515. The maximum absolute atomic E-state index is 11.1. The van der Waals surface area contributed by atoms with Crippen LogP contribution in [0.4, 0.5) is 0 Å². The van der Waals surface area contributed by atoms with Crippen LogP contribution < -0.4 is 0 Å². The lowest BCUT2D eigenvalue weighted by atomic mass is 10.5. The van der Waals surface area contributed by atoms with Gasteiger partial charge in [0.2, 0.25) is 0 Å². The summed E-state index contributed by atoms with van der Waals surface area (Å²) >= 11 is 0. The van der Waals surface area contributed by atoms with Gasteiger partial charge in [-0.25, -0.2) is 18.2 Å². The Labute approximate surface area is 84.7 Å². The van der Waals surface area contributed by atoms with Gasteiger partial charge >= 0.3 is 5.97 Å². The van der Waals surface area contributed by atoms with E-state index >= 15 is 0 Å². The lowest BCUT2D eigenvalue weighted by Gasteiger charge is -1.98. The Morgan fingerprint density at radius 2 is 2.36 bits per heavy atom. The highest BCUT2D eigenvalue weighted by atomic mass is 35.7. The first-order valence-corrected chi connectivity index (χ1v) is 5.93. The summed E-state index contributed by atoms with van der Waals surface area (Å²) in [6.45, 7) is 1.73. The molecule has 0 aliphatic heterocycles. The van der Waals surface area contributed by atoms with Crippen molar-refractivity contribution in [1.29, 1.82) is 0 Å². The zero-order chi connectivity index (χ0) is 10.8. The summed E-state index contributed by atoms with van der Waals surface area (Å²) in [5, 5.41) is -0.447. The Balaban J connectivity index is 3.12. The second kappa shape index (κ2) is 3.97. The van der Waals surface area contributed by atoms with Crippen LogP contribution in [0.1, 0.15) is 17.4 Å². The summed E-state index contributed by atoms with van der Waals surface area (Å²) in [7, 11) is 1.04. The van der Waals surface area contributed by atoms with Crippen LogP contribution >= 0.6 is 10.7 Å². The first-order chi connectivity index (χ1) is 6.46. The molecule has 14 heavy (non-hydrogen) atoms. The number of halogens is 1. The van der Waals surface area contributed by atoms with Crippen LogP contribution in [0.3, 0.4) is 0 Å². The van der Waals surface area contributed by atoms with Crippen LogP contribution in [0.25, 0.3) is 0 Å². The standard InChI is InChI=1S/C6H7ClN2O4S/c1-2-13-6(10)4-5(9-3-8-4)14(7,11)12/h3H,2H2,1H3,(H,8,9). The van der Waals surface area contributed by atoms with Crippen molar-refractivity contribution in [1.82, 2.24) is 9.97 Å². The van der Waals surface area contributed by atoms with Crippen LogP contribution in [0, 0.1) is 0 Å². The SMILES string of the molecule is CCOC(=O)c1nc[nH]c1S(=O)(=O)Cl. The van der Waals surface area contributed by atoms with E-state index in [1.165, 1.54) is 0 Å². The minimum atomic E-state index is -4.00. The van der Waals surface area contributed by atoms with Crippen molar-refractivity contribution in [2.24, 2.45) is 0 Å². The van der Waals surface area contributed by atoms with Crippen molar-refractivity contribution in [3.8, 4) is 0 Å². The van der Waals surface area contributed by atoms with Crippen molar-refractivity contribution in [3.05, 3.63) is 12.0 Å². The fourth-order valence-corrected chi connectivity index (χ4v) is 1.73. The summed E-state index contributed by atoms with van der Waals surface area (Å²) in [6.07, 6.45) is 1.06. The van der Waals surface area contributed by atoms with Crippen LogP contribution in [-0.4, -0.2) is 31.0 Å². The maximum atomic E-state index is 11.1.